The zero-order valence-corrected chi connectivity index (χ0v) is 17.7. The molecule has 4 rings (SSSR count). The second-order valence-electron chi connectivity index (χ2n) is 7.67. The first-order valence-electron chi connectivity index (χ1n) is 10.7. The summed E-state index contributed by atoms with van der Waals surface area (Å²) in [6, 6.07) is 11.2. The number of methoxy groups -OCH3 is 1. The predicted octanol–water partition coefficient (Wildman–Crippen LogP) is 4.08. The van der Waals surface area contributed by atoms with Crippen LogP contribution in [-0.4, -0.2) is 45.7 Å². The number of imidazole rings is 1. The molecule has 2 aromatic heterocycles. The van der Waals surface area contributed by atoms with Gasteiger partial charge in [0.1, 0.15) is 23.9 Å². The van der Waals surface area contributed by atoms with E-state index >= 15 is 0 Å². The summed E-state index contributed by atoms with van der Waals surface area (Å²) in [7, 11) is 1.57. The van der Waals surface area contributed by atoms with Crippen molar-refractivity contribution in [2.24, 2.45) is 5.92 Å². The van der Waals surface area contributed by atoms with E-state index in [-0.39, 0.29) is 24.9 Å². The number of hydrogen-bond donors (Lipinski definition) is 1. The summed E-state index contributed by atoms with van der Waals surface area (Å²) in [6.45, 7) is 0.206. The highest BCUT2D eigenvalue weighted by molar-refractivity contribution is 5.96. The van der Waals surface area contributed by atoms with Crippen molar-refractivity contribution in [1.29, 1.82) is 0 Å². The molecular weight excluding hydrogens is 394 g/mol. The number of ether oxygens (including phenoxy) is 2. The molecule has 3 aromatic rings. The van der Waals surface area contributed by atoms with Gasteiger partial charge < -0.3 is 14.6 Å². The molecule has 1 aromatic carbocycles. The third kappa shape index (κ3) is 4.77. The lowest BCUT2D eigenvalue weighted by Crippen LogP contribution is -2.18. The molecule has 0 unspecified atom stereocenters. The Bertz CT molecular complexity index is 1010. The van der Waals surface area contributed by atoms with Crippen molar-refractivity contribution in [2.75, 3.05) is 20.3 Å². The first-order chi connectivity index (χ1) is 15.2. The Hall–Kier alpha value is -3.19. The SMILES string of the molecule is COc1ccc(-c2nc(C(=O)C3CCCCC3)cn2-c2ccc(OCCO)cc2)cn1. The molecule has 0 radical (unpaired) electrons. The van der Waals surface area contributed by atoms with Gasteiger partial charge >= 0.3 is 0 Å². The number of hydrogen-bond acceptors (Lipinski definition) is 6. The Labute approximate surface area is 181 Å². The number of Topliss-reactive ketones (excluding diaryl/α,β-unsaturated/α-hetero) is 1. The Kier molecular flexibility index (Phi) is 6.62. The Morgan fingerprint density at radius 1 is 1.13 bits per heavy atom. The lowest BCUT2D eigenvalue weighted by atomic mass is 9.85. The Morgan fingerprint density at radius 2 is 1.90 bits per heavy atom. The molecule has 1 saturated carbocycles. The maximum absolute atomic E-state index is 13.1. The summed E-state index contributed by atoms with van der Waals surface area (Å²) in [5.41, 5.74) is 2.14. The zero-order chi connectivity index (χ0) is 21.6. The van der Waals surface area contributed by atoms with Crippen molar-refractivity contribution in [3.63, 3.8) is 0 Å². The van der Waals surface area contributed by atoms with Crippen LogP contribution in [0.5, 0.6) is 11.6 Å². The Morgan fingerprint density at radius 3 is 2.55 bits per heavy atom. The molecule has 0 atom stereocenters. The molecule has 31 heavy (non-hydrogen) atoms. The van der Waals surface area contributed by atoms with Gasteiger partial charge in [0.25, 0.3) is 0 Å². The maximum atomic E-state index is 13.1. The van der Waals surface area contributed by atoms with E-state index in [1.54, 1.807) is 19.4 Å². The third-order valence-electron chi connectivity index (χ3n) is 5.61. The molecule has 1 fully saturated rings. The molecule has 2 heterocycles. The molecule has 0 bridgehead atoms. The minimum atomic E-state index is -0.0372. The van der Waals surface area contributed by atoms with Gasteiger partial charge in [-0.1, -0.05) is 19.3 Å². The van der Waals surface area contributed by atoms with Crippen LogP contribution in [-0.2, 0) is 0 Å². The van der Waals surface area contributed by atoms with E-state index in [9.17, 15) is 4.79 Å². The fourth-order valence-corrected chi connectivity index (χ4v) is 3.97. The zero-order valence-electron chi connectivity index (χ0n) is 17.7. The summed E-state index contributed by atoms with van der Waals surface area (Å²) in [5, 5.41) is 8.94. The minimum Gasteiger partial charge on any atom is -0.491 e. The lowest BCUT2D eigenvalue weighted by molar-refractivity contribution is 0.0885. The van der Waals surface area contributed by atoms with Gasteiger partial charge in [0.2, 0.25) is 5.88 Å². The van der Waals surface area contributed by atoms with Gasteiger partial charge in [0, 0.05) is 35.6 Å². The second-order valence-corrected chi connectivity index (χ2v) is 7.67. The van der Waals surface area contributed by atoms with Gasteiger partial charge in [-0.15, -0.1) is 0 Å². The second kappa shape index (κ2) is 9.75. The van der Waals surface area contributed by atoms with E-state index in [0.29, 0.717) is 23.1 Å². The smallest absolute Gasteiger partial charge is 0.212 e. The fraction of sp³-hybridized carbons (Fsp3) is 0.375. The number of pyridine rings is 1. The molecule has 1 aliphatic rings. The van der Waals surface area contributed by atoms with Crippen LogP contribution < -0.4 is 9.47 Å². The van der Waals surface area contributed by atoms with Crippen molar-refractivity contribution in [3.05, 3.63) is 54.5 Å². The van der Waals surface area contributed by atoms with Crippen LogP contribution in [0.25, 0.3) is 17.1 Å². The molecule has 7 heteroatoms. The predicted molar refractivity (Wildman–Crippen MR) is 117 cm³/mol. The summed E-state index contributed by atoms with van der Waals surface area (Å²) >= 11 is 0. The minimum absolute atomic E-state index is 0.0372. The summed E-state index contributed by atoms with van der Waals surface area (Å²) < 4.78 is 12.5. The molecule has 0 spiro atoms. The van der Waals surface area contributed by atoms with Gasteiger partial charge in [-0.2, -0.15) is 0 Å². The van der Waals surface area contributed by atoms with E-state index in [0.717, 1.165) is 36.9 Å². The summed E-state index contributed by atoms with van der Waals surface area (Å²) in [6.07, 6.45) is 8.78. The number of aliphatic hydroxyl groups is 1. The van der Waals surface area contributed by atoms with Gasteiger partial charge in [0.05, 0.1) is 13.7 Å². The maximum Gasteiger partial charge on any atom is 0.212 e. The first kappa shape index (κ1) is 21.1. The van der Waals surface area contributed by atoms with Crippen molar-refractivity contribution in [1.82, 2.24) is 14.5 Å². The summed E-state index contributed by atoms with van der Waals surface area (Å²) in [5.74, 6) is 2.01. The van der Waals surface area contributed by atoms with E-state index in [2.05, 4.69) is 4.98 Å². The van der Waals surface area contributed by atoms with Crippen molar-refractivity contribution in [3.8, 4) is 28.7 Å². The molecule has 0 saturated heterocycles. The molecule has 0 aliphatic heterocycles. The number of ketones is 1. The quantitative estimate of drug-likeness (QED) is 0.552. The van der Waals surface area contributed by atoms with Gasteiger partial charge in [0.15, 0.2) is 5.78 Å². The van der Waals surface area contributed by atoms with Crippen LogP contribution >= 0.6 is 0 Å². The standard InChI is InChI=1S/C24H27N3O4/c1-30-22-12-7-18(15-25-22)24-26-21(23(29)17-5-3-2-4-6-17)16-27(24)19-8-10-20(11-9-19)31-14-13-28/h7-12,15-17,28H,2-6,13-14H2,1H3. The van der Waals surface area contributed by atoms with Crippen LogP contribution in [0.1, 0.15) is 42.6 Å². The number of carbonyl (C=O) groups is 1. The molecule has 1 N–H and O–H groups in total. The van der Waals surface area contributed by atoms with Crippen molar-refractivity contribution in [2.45, 2.75) is 32.1 Å². The number of rotatable bonds is 8. The lowest BCUT2D eigenvalue weighted by Gasteiger charge is -2.19. The van der Waals surface area contributed by atoms with Crippen LogP contribution in [0.15, 0.2) is 48.8 Å². The first-order valence-corrected chi connectivity index (χ1v) is 10.7. The van der Waals surface area contributed by atoms with Crippen molar-refractivity contribution < 1.29 is 19.4 Å². The molecule has 162 valence electrons. The van der Waals surface area contributed by atoms with Gasteiger partial charge in [-0.25, -0.2) is 9.97 Å². The number of nitrogens with zero attached hydrogens (tertiary/aromatic N) is 3. The average Bonchev–Trinajstić information content (AvgIpc) is 3.28. The van der Waals surface area contributed by atoms with Crippen molar-refractivity contribution >= 4 is 5.78 Å². The van der Waals surface area contributed by atoms with Crippen LogP contribution in [0, 0.1) is 5.92 Å². The Balaban J connectivity index is 1.70. The van der Waals surface area contributed by atoms with E-state index in [1.165, 1.54) is 6.42 Å². The molecule has 7 nitrogen and oxygen atoms in total. The molecular formula is C24H27N3O4. The third-order valence-corrected chi connectivity index (χ3v) is 5.61. The highest BCUT2D eigenvalue weighted by atomic mass is 16.5. The highest BCUT2D eigenvalue weighted by Crippen LogP contribution is 2.30. The van der Waals surface area contributed by atoms with Crippen LogP contribution in [0.4, 0.5) is 0 Å². The number of benzene rings is 1. The number of aliphatic hydroxyl groups excluding tert-OH is 1. The molecule has 0 amide bonds. The number of carbonyl (C=O) groups excluding carboxylic acids is 1. The molecule has 1 aliphatic carbocycles. The summed E-state index contributed by atoms with van der Waals surface area (Å²) in [4.78, 5) is 22.2. The van der Waals surface area contributed by atoms with Crippen LogP contribution in [0.3, 0.4) is 0 Å². The van der Waals surface area contributed by atoms with E-state index in [4.69, 9.17) is 19.6 Å². The van der Waals surface area contributed by atoms with E-state index < -0.39 is 0 Å². The normalized spacial score (nSPS) is 14.4. The fourth-order valence-electron chi connectivity index (χ4n) is 3.97. The van der Waals surface area contributed by atoms with Gasteiger partial charge in [-0.05, 0) is 43.2 Å². The van der Waals surface area contributed by atoms with E-state index in [1.807, 2.05) is 41.1 Å². The highest BCUT2D eigenvalue weighted by Gasteiger charge is 2.26. The number of aromatic nitrogens is 3. The average molecular weight is 421 g/mol. The topological polar surface area (TPSA) is 86.5 Å². The van der Waals surface area contributed by atoms with Gasteiger partial charge in [-0.3, -0.25) is 9.36 Å². The monoisotopic (exact) mass is 421 g/mol. The van der Waals surface area contributed by atoms with Crippen LogP contribution in [0.2, 0.25) is 0 Å². The largest absolute Gasteiger partial charge is 0.491 e.